The van der Waals surface area contributed by atoms with Crippen LogP contribution in [0.5, 0.6) is 0 Å². The number of nitrogens with one attached hydrogen (secondary N) is 1. The van der Waals surface area contributed by atoms with Crippen LogP contribution in [0.15, 0.2) is 0 Å². The maximum Gasteiger partial charge on any atom is 0.309 e. The van der Waals surface area contributed by atoms with E-state index in [1.165, 1.54) is 25.1 Å². The summed E-state index contributed by atoms with van der Waals surface area (Å²) in [5, 5.41) is 22.1. The van der Waals surface area contributed by atoms with Crippen LogP contribution in [0.3, 0.4) is 0 Å². The molecule has 0 saturated carbocycles. The highest BCUT2D eigenvalue weighted by molar-refractivity contribution is 7.88. The molecule has 0 aliphatic rings. The van der Waals surface area contributed by atoms with Gasteiger partial charge in [0, 0.05) is 13.1 Å². The summed E-state index contributed by atoms with van der Waals surface area (Å²) in [4.78, 5) is 23.6. The van der Waals surface area contributed by atoms with Gasteiger partial charge in [0.25, 0.3) is 0 Å². The molecule has 26 heavy (non-hydrogen) atoms. The van der Waals surface area contributed by atoms with E-state index in [1.807, 2.05) is 13.8 Å². The third-order valence-electron chi connectivity index (χ3n) is 4.79. The first-order valence-electron chi connectivity index (χ1n) is 8.77. The van der Waals surface area contributed by atoms with Crippen LogP contribution < -0.4 is 5.32 Å². The minimum atomic E-state index is -3.49. The Morgan fingerprint density at radius 2 is 1.65 bits per heavy atom. The van der Waals surface area contributed by atoms with Gasteiger partial charge in [-0.1, -0.05) is 20.8 Å². The van der Waals surface area contributed by atoms with E-state index in [0.29, 0.717) is 12.3 Å². The molecule has 0 aliphatic heterocycles. The molecule has 3 unspecified atom stereocenters. The lowest BCUT2D eigenvalue weighted by Gasteiger charge is -2.30. The fourth-order valence-electron chi connectivity index (χ4n) is 2.12. The van der Waals surface area contributed by atoms with Gasteiger partial charge in [-0.2, -0.15) is 4.31 Å². The second kappa shape index (κ2) is 9.66. The fourth-order valence-corrected chi connectivity index (χ4v) is 2.98. The van der Waals surface area contributed by atoms with E-state index in [4.69, 9.17) is 0 Å². The van der Waals surface area contributed by atoms with Crippen molar-refractivity contribution >= 4 is 21.9 Å². The molecule has 0 bridgehead atoms. The fraction of sp³-hybridized carbons (Fsp3) is 0.882. The van der Waals surface area contributed by atoms with Crippen LogP contribution in [0.1, 0.15) is 48.0 Å². The first-order chi connectivity index (χ1) is 11.6. The van der Waals surface area contributed by atoms with E-state index in [0.717, 1.165) is 6.26 Å². The Morgan fingerprint density at radius 1 is 1.15 bits per heavy atom. The topological polar surface area (TPSA) is 124 Å². The van der Waals surface area contributed by atoms with Crippen molar-refractivity contribution in [3.8, 4) is 0 Å². The molecule has 0 rings (SSSR count). The first kappa shape index (κ1) is 24.8. The van der Waals surface area contributed by atoms with Gasteiger partial charge < -0.3 is 15.5 Å². The standard InChI is InChI=1S/C17H34N2O6S/c1-11(2)8-9-19(26(7,24)25)10-14(20)13(4)18-15(21)12(3)17(5,6)16(22)23/h11-14,20H,8-10H2,1-7H3,(H,18,21)(H,22,23). The molecule has 0 fully saturated rings. The molecule has 3 atom stereocenters. The van der Waals surface area contributed by atoms with Crippen molar-refractivity contribution in [3.63, 3.8) is 0 Å². The molecule has 9 heteroatoms. The summed E-state index contributed by atoms with van der Waals surface area (Å²) in [5.41, 5.74) is -1.26. The van der Waals surface area contributed by atoms with E-state index in [2.05, 4.69) is 5.32 Å². The van der Waals surface area contributed by atoms with E-state index in [1.54, 1.807) is 6.92 Å². The number of carboxylic acid groups (broad SMARTS) is 1. The van der Waals surface area contributed by atoms with Crippen LogP contribution in [0.2, 0.25) is 0 Å². The highest BCUT2D eigenvalue weighted by Crippen LogP contribution is 2.27. The van der Waals surface area contributed by atoms with E-state index < -0.39 is 45.4 Å². The number of rotatable bonds is 11. The number of carbonyl (C=O) groups excluding carboxylic acids is 1. The summed E-state index contributed by atoms with van der Waals surface area (Å²) in [6, 6.07) is -0.724. The maximum absolute atomic E-state index is 12.3. The zero-order valence-corrected chi connectivity index (χ0v) is 17.6. The molecule has 1 amide bonds. The third kappa shape index (κ3) is 7.59. The minimum absolute atomic E-state index is 0.135. The molecule has 0 aromatic carbocycles. The van der Waals surface area contributed by atoms with E-state index >= 15 is 0 Å². The van der Waals surface area contributed by atoms with Gasteiger partial charge in [0.15, 0.2) is 0 Å². The molecule has 0 spiro atoms. The second-order valence-electron chi connectivity index (χ2n) is 7.92. The summed E-state index contributed by atoms with van der Waals surface area (Å²) in [6.07, 6.45) is 0.631. The van der Waals surface area contributed by atoms with Crippen molar-refractivity contribution in [2.24, 2.45) is 17.3 Å². The smallest absolute Gasteiger partial charge is 0.309 e. The van der Waals surface area contributed by atoms with Gasteiger partial charge in [-0.05, 0) is 33.1 Å². The molecule has 0 heterocycles. The Hall–Kier alpha value is -1.19. The number of carbonyl (C=O) groups is 2. The average molecular weight is 395 g/mol. The monoisotopic (exact) mass is 394 g/mol. The summed E-state index contributed by atoms with van der Waals surface area (Å²) >= 11 is 0. The largest absolute Gasteiger partial charge is 0.481 e. The van der Waals surface area contributed by atoms with Crippen molar-refractivity contribution in [1.29, 1.82) is 0 Å². The van der Waals surface area contributed by atoms with Crippen molar-refractivity contribution in [2.75, 3.05) is 19.3 Å². The molecule has 0 saturated heterocycles. The van der Waals surface area contributed by atoms with Crippen LogP contribution >= 0.6 is 0 Å². The number of hydrogen-bond donors (Lipinski definition) is 3. The molecule has 0 aliphatic carbocycles. The van der Waals surface area contributed by atoms with Crippen LogP contribution in [0.4, 0.5) is 0 Å². The van der Waals surface area contributed by atoms with E-state index in [9.17, 15) is 28.2 Å². The van der Waals surface area contributed by atoms with Gasteiger partial charge in [0.2, 0.25) is 15.9 Å². The van der Waals surface area contributed by atoms with Gasteiger partial charge in [0.05, 0.1) is 29.7 Å². The number of aliphatic carboxylic acids is 1. The Bertz CT molecular complexity index is 588. The number of nitrogens with zero attached hydrogens (tertiary/aromatic N) is 1. The molecule has 3 N–H and O–H groups in total. The van der Waals surface area contributed by atoms with E-state index in [-0.39, 0.29) is 13.1 Å². The predicted molar refractivity (Wildman–Crippen MR) is 100 cm³/mol. The summed E-state index contributed by atoms with van der Waals surface area (Å²) in [6.45, 7) is 10.1. The summed E-state index contributed by atoms with van der Waals surface area (Å²) in [7, 11) is -3.49. The lowest BCUT2D eigenvalue weighted by molar-refractivity contribution is -0.153. The zero-order valence-electron chi connectivity index (χ0n) is 16.8. The molecule has 0 aromatic heterocycles. The van der Waals surface area contributed by atoms with Crippen molar-refractivity contribution in [3.05, 3.63) is 0 Å². The Morgan fingerprint density at radius 3 is 2.04 bits per heavy atom. The van der Waals surface area contributed by atoms with Crippen molar-refractivity contribution in [2.45, 2.75) is 60.1 Å². The number of sulfonamides is 1. The number of aliphatic hydroxyl groups is 1. The van der Waals surface area contributed by atoms with Crippen LogP contribution in [0, 0.1) is 17.3 Å². The molecule has 8 nitrogen and oxygen atoms in total. The SMILES string of the molecule is CC(C)CCN(CC(O)C(C)NC(=O)C(C)C(C)(C)C(=O)O)S(C)(=O)=O. The average Bonchev–Trinajstić information content (AvgIpc) is 2.48. The third-order valence-corrected chi connectivity index (χ3v) is 6.06. The normalized spacial score (nSPS) is 16.4. The second-order valence-corrected chi connectivity index (χ2v) is 9.90. The zero-order chi connectivity index (χ0) is 20.9. The minimum Gasteiger partial charge on any atom is -0.481 e. The predicted octanol–water partition coefficient (Wildman–Crippen LogP) is 0.907. The van der Waals surface area contributed by atoms with Crippen LogP contribution in [-0.2, 0) is 19.6 Å². The number of hydrogen-bond acceptors (Lipinski definition) is 5. The van der Waals surface area contributed by atoms with Gasteiger partial charge in [-0.15, -0.1) is 0 Å². The molecular weight excluding hydrogens is 360 g/mol. The summed E-state index contributed by atoms with van der Waals surface area (Å²) < 4.78 is 25.0. The Kier molecular flexibility index (Phi) is 9.22. The lowest BCUT2D eigenvalue weighted by atomic mass is 9.79. The van der Waals surface area contributed by atoms with Gasteiger partial charge >= 0.3 is 5.97 Å². The van der Waals surface area contributed by atoms with Gasteiger partial charge in [-0.3, -0.25) is 9.59 Å². The number of amides is 1. The highest BCUT2D eigenvalue weighted by atomic mass is 32.2. The quantitative estimate of drug-likeness (QED) is 0.478. The molecule has 0 radical (unpaired) electrons. The number of aliphatic hydroxyl groups excluding tert-OH is 1. The van der Waals surface area contributed by atoms with Crippen molar-refractivity contribution in [1.82, 2.24) is 9.62 Å². The van der Waals surface area contributed by atoms with Gasteiger partial charge in [-0.25, -0.2) is 8.42 Å². The first-order valence-corrected chi connectivity index (χ1v) is 10.6. The Balaban J connectivity index is 4.95. The highest BCUT2D eigenvalue weighted by Gasteiger charge is 2.39. The lowest BCUT2D eigenvalue weighted by Crippen LogP contribution is -2.51. The molecule has 154 valence electrons. The van der Waals surface area contributed by atoms with Gasteiger partial charge in [0.1, 0.15) is 0 Å². The molecule has 0 aromatic rings. The van der Waals surface area contributed by atoms with Crippen LogP contribution in [0.25, 0.3) is 0 Å². The Labute approximate surface area is 157 Å². The number of carboxylic acids is 1. The summed E-state index contributed by atoms with van der Waals surface area (Å²) in [5.74, 6) is -2.10. The molecular formula is C17H34N2O6S. The van der Waals surface area contributed by atoms with Crippen LogP contribution in [-0.4, -0.2) is 66.3 Å². The maximum atomic E-state index is 12.3. The van der Waals surface area contributed by atoms with Crippen molar-refractivity contribution < 1.29 is 28.2 Å².